The molecule has 3 unspecified atom stereocenters. The summed E-state index contributed by atoms with van der Waals surface area (Å²) in [5.41, 5.74) is 6.73. The van der Waals surface area contributed by atoms with Crippen molar-refractivity contribution in [2.24, 2.45) is 11.7 Å². The lowest BCUT2D eigenvalue weighted by Crippen LogP contribution is -2.53. The molecule has 1 aromatic carbocycles. The number of hydrogen-bond donors (Lipinski definition) is 5. The predicted octanol–water partition coefficient (Wildman–Crippen LogP) is -0.597. The molecular weight excluding hydrogens is 364 g/mol. The predicted molar refractivity (Wildman–Crippen MR) is 103 cm³/mol. The monoisotopic (exact) mass is 392 g/mol. The summed E-state index contributed by atoms with van der Waals surface area (Å²) in [6.07, 6.45) is 0.332. The molecule has 3 atom stereocenters. The van der Waals surface area contributed by atoms with E-state index in [-0.39, 0.29) is 12.5 Å². The van der Waals surface area contributed by atoms with E-state index >= 15 is 0 Å². The minimum Gasteiger partial charge on any atom is -0.480 e. The van der Waals surface area contributed by atoms with Crippen molar-refractivity contribution in [3.63, 3.8) is 0 Å². The molecule has 0 saturated carbocycles. The molecule has 9 nitrogen and oxygen atoms in total. The number of amides is 3. The van der Waals surface area contributed by atoms with Crippen molar-refractivity contribution in [3.8, 4) is 0 Å². The second-order valence-corrected chi connectivity index (χ2v) is 6.87. The second-order valence-electron chi connectivity index (χ2n) is 6.87. The number of benzene rings is 1. The molecule has 0 radical (unpaired) electrons. The maximum absolute atomic E-state index is 12.1. The van der Waals surface area contributed by atoms with E-state index in [2.05, 4.69) is 16.0 Å². The normalized spacial score (nSPS) is 13.9. The summed E-state index contributed by atoms with van der Waals surface area (Å²) >= 11 is 0. The highest BCUT2D eigenvalue weighted by Gasteiger charge is 2.26. The van der Waals surface area contributed by atoms with Crippen LogP contribution in [0.2, 0.25) is 0 Å². The molecule has 0 aliphatic rings. The van der Waals surface area contributed by atoms with Gasteiger partial charge in [-0.1, -0.05) is 44.2 Å². The lowest BCUT2D eigenvalue weighted by atomic mass is 10.0. The average Bonchev–Trinajstić information content (AvgIpc) is 2.63. The topological polar surface area (TPSA) is 151 Å². The molecule has 0 aliphatic carbocycles. The molecule has 1 aromatic rings. The lowest BCUT2D eigenvalue weighted by molar-refractivity contribution is -0.143. The standard InChI is InChI=1S/C19H28N4O5/c1-11(2)16(19(27)28)23-17(25)12(3)22-15(24)10-21-18(26)14(20)9-13-7-5-4-6-8-13/h4-8,11-12,14,16H,9-10,20H2,1-3H3,(H,21,26)(H,22,24)(H,23,25)(H,27,28). The Morgan fingerprint density at radius 2 is 1.61 bits per heavy atom. The van der Waals surface area contributed by atoms with Crippen molar-refractivity contribution in [2.45, 2.75) is 45.3 Å². The molecule has 28 heavy (non-hydrogen) atoms. The summed E-state index contributed by atoms with van der Waals surface area (Å²) in [5, 5.41) is 16.3. The number of carboxylic acids is 1. The van der Waals surface area contributed by atoms with Crippen LogP contribution >= 0.6 is 0 Å². The quantitative estimate of drug-likeness (QED) is 0.359. The summed E-state index contributed by atoms with van der Waals surface area (Å²) < 4.78 is 0. The first-order chi connectivity index (χ1) is 13.1. The number of nitrogens with two attached hydrogens (primary N) is 1. The summed E-state index contributed by atoms with van der Waals surface area (Å²) in [6, 6.07) is 6.42. The highest BCUT2D eigenvalue weighted by Crippen LogP contribution is 2.03. The Morgan fingerprint density at radius 1 is 1.00 bits per heavy atom. The van der Waals surface area contributed by atoms with Crippen molar-refractivity contribution in [2.75, 3.05) is 6.54 Å². The van der Waals surface area contributed by atoms with Gasteiger partial charge in [0.05, 0.1) is 12.6 Å². The number of aliphatic carboxylic acids is 1. The van der Waals surface area contributed by atoms with E-state index in [4.69, 9.17) is 10.8 Å². The fourth-order valence-electron chi connectivity index (χ4n) is 2.41. The Balaban J connectivity index is 2.43. The molecule has 0 fully saturated rings. The van der Waals surface area contributed by atoms with Crippen molar-refractivity contribution in [1.82, 2.24) is 16.0 Å². The van der Waals surface area contributed by atoms with Crippen LogP contribution in [0.15, 0.2) is 30.3 Å². The van der Waals surface area contributed by atoms with Crippen LogP contribution in [-0.2, 0) is 25.6 Å². The summed E-state index contributed by atoms with van der Waals surface area (Å²) in [6.45, 7) is 4.41. The summed E-state index contributed by atoms with van der Waals surface area (Å²) in [5.74, 6) is -3.15. The molecule has 0 aliphatic heterocycles. The van der Waals surface area contributed by atoms with Crippen LogP contribution in [0, 0.1) is 5.92 Å². The van der Waals surface area contributed by atoms with E-state index in [0.29, 0.717) is 6.42 Å². The Bertz CT molecular complexity index is 693. The fraction of sp³-hybridized carbons (Fsp3) is 0.474. The third-order valence-electron chi connectivity index (χ3n) is 4.06. The second kappa shape index (κ2) is 11.0. The van der Waals surface area contributed by atoms with Crippen molar-refractivity contribution in [1.29, 1.82) is 0 Å². The first-order valence-electron chi connectivity index (χ1n) is 9.01. The Morgan fingerprint density at radius 3 is 2.14 bits per heavy atom. The molecule has 3 amide bonds. The first-order valence-corrected chi connectivity index (χ1v) is 9.01. The van der Waals surface area contributed by atoms with Gasteiger partial charge in [-0.3, -0.25) is 14.4 Å². The van der Waals surface area contributed by atoms with E-state index in [1.807, 2.05) is 30.3 Å². The van der Waals surface area contributed by atoms with Gasteiger partial charge in [-0.2, -0.15) is 0 Å². The van der Waals surface area contributed by atoms with Gasteiger partial charge in [0.25, 0.3) is 0 Å². The molecule has 6 N–H and O–H groups in total. The molecule has 0 aromatic heterocycles. The Hall–Kier alpha value is -2.94. The van der Waals surface area contributed by atoms with Crippen LogP contribution in [0.1, 0.15) is 26.3 Å². The molecule has 0 saturated heterocycles. The zero-order valence-electron chi connectivity index (χ0n) is 16.3. The van der Waals surface area contributed by atoms with Crippen LogP contribution in [0.25, 0.3) is 0 Å². The zero-order valence-corrected chi connectivity index (χ0v) is 16.3. The zero-order chi connectivity index (χ0) is 21.3. The third kappa shape index (κ3) is 7.75. The molecule has 9 heteroatoms. The number of rotatable bonds is 10. The molecule has 0 bridgehead atoms. The molecule has 0 spiro atoms. The highest BCUT2D eigenvalue weighted by atomic mass is 16.4. The van der Waals surface area contributed by atoms with Crippen molar-refractivity contribution < 1.29 is 24.3 Å². The van der Waals surface area contributed by atoms with E-state index in [1.165, 1.54) is 6.92 Å². The number of carbonyl (C=O) groups is 4. The average molecular weight is 392 g/mol. The van der Waals surface area contributed by atoms with Gasteiger partial charge in [0.1, 0.15) is 12.1 Å². The maximum Gasteiger partial charge on any atom is 0.326 e. The lowest BCUT2D eigenvalue weighted by Gasteiger charge is -2.21. The first kappa shape index (κ1) is 23.1. The van der Waals surface area contributed by atoms with Crippen LogP contribution in [0.5, 0.6) is 0 Å². The smallest absolute Gasteiger partial charge is 0.326 e. The van der Waals surface area contributed by atoms with Crippen molar-refractivity contribution in [3.05, 3.63) is 35.9 Å². The summed E-state index contributed by atoms with van der Waals surface area (Å²) in [7, 11) is 0. The molecule has 0 heterocycles. The minimum absolute atomic E-state index is 0.310. The fourth-order valence-corrected chi connectivity index (χ4v) is 2.41. The van der Waals surface area contributed by atoms with Gasteiger partial charge < -0.3 is 26.8 Å². The van der Waals surface area contributed by atoms with Gasteiger partial charge in [-0.15, -0.1) is 0 Å². The Labute approximate surface area is 164 Å². The Kier molecular flexibility index (Phi) is 9.10. The molecule has 1 rings (SSSR count). The SMILES string of the molecule is CC(NC(=O)CNC(=O)C(N)Cc1ccccc1)C(=O)NC(C(=O)O)C(C)C. The van der Waals surface area contributed by atoms with E-state index < -0.39 is 41.8 Å². The number of carboxylic acid groups (broad SMARTS) is 1. The van der Waals surface area contributed by atoms with Crippen LogP contribution in [0.4, 0.5) is 0 Å². The van der Waals surface area contributed by atoms with Gasteiger partial charge in [0.2, 0.25) is 17.7 Å². The number of nitrogens with one attached hydrogen (secondary N) is 3. The molecular formula is C19H28N4O5. The largest absolute Gasteiger partial charge is 0.480 e. The summed E-state index contributed by atoms with van der Waals surface area (Å²) in [4.78, 5) is 47.1. The van der Waals surface area contributed by atoms with E-state index in [1.54, 1.807) is 13.8 Å². The van der Waals surface area contributed by atoms with E-state index in [9.17, 15) is 19.2 Å². The van der Waals surface area contributed by atoms with Crippen LogP contribution in [-0.4, -0.2) is 53.5 Å². The van der Waals surface area contributed by atoms with Crippen molar-refractivity contribution >= 4 is 23.7 Å². The van der Waals surface area contributed by atoms with Gasteiger partial charge in [-0.05, 0) is 24.8 Å². The van der Waals surface area contributed by atoms with Gasteiger partial charge in [0.15, 0.2) is 0 Å². The van der Waals surface area contributed by atoms with Crippen LogP contribution in [0.3, 0.4) is 0 Å². The minimum atomic E-state index is -1.15. The maximum atomic E-state index is 12.1. The number of carbonyl (C=O) groups excluding carboxylic acids is 3. The van der Waals surface area contributed by atoms with Gasteiger partial charge in [0, 0.05) is 0 Å². The number of hydrogen-bond acceptors (Lipinski definition) is 5. The highest BCUT2D eigenvalue weighted by molar-refractivity contribution is 5.92. The third-order valence-corrected chi connectivity index (χ3v) is 4.06. The van der Waals surface area contributed by atoms with E-state index in [0.717, 1.165) is 5.56 Å². The van der Waals surface area contributed by atoms with Gasteiger partial charge >= 0.3 is 5.97 Å². The van der Waals surface area contributed by atoms with Gasteiger partial charge in [-0.25, -0.2) is 4.79 Å². The van der Waals surface area contributed by atoms with Crippen LogP contribution < -0.4 is 21.7 Å². The molecule has 154 valence electrons.